The molecule has 0 bridgehead atoms. The van der Waals surface area contributed by atoms with E-state index in [2.05, 4.69) is 30.9 Å². The predicted molar refractivity (Wildman–Crippen MR) is 96.4 cm³/mol. The molecule has 5 heteroatoms. The highest BCUT2D eigenvalue weighted by Crippen LogP contribution is 2.27. The maximum Gasteiger partial charge on any atom is 0.227 e. The van der Waals surface area contributed by atoms with E-state index in [-0.39, 0.29) is 5.91 Å². The molecule has 1 amide bonds. The molecule has 2 atom stereocenters. The van der Waals surface area contributed by atoms with Crippen LogP contribution in [0.1, 0.15) is 18.9 Å². The number of benzene rings is 1. The first-order valence-corrected chi connectivity index (χ1v) is 8.61. The molecule has 1 saturated heterocycles. The number of nitrogens with one attached hydrogen (secondary N) is 1. The minimum Gasteiger partial charge on any atom is -0.497 e. The first-order chi connectivity index (χ1) is 11.5. The van der Waals surface area contributed by atoms with Gasteiger partial charge in [-0.2, -0.15) is 0 Å². The molecular formula is C19H27N3O2. The van der Waals surface area contributed by atoms with Crippen molar-refractivity contribution in [2.45, 2.75) is 25.8 Å². The van der Waals surface area contributed by atoms with Crippen LogP contribution in [0.3, 0.4) is 0 Å². The van der Waals surface area contributed by atoms with Crippen LogP contribution in [0, 0.1) is 5.92 Å². The SMILES string of the molecule is CCC1CN(C(=O)Cc2c[nH]c3ccc(OC)cc23)CC1N(C)C. The summed E-state index contributed by atoms with van der Waals surface area (Å²) in [5.41, 5.74) is 2.08. The summed E-state index contributed by atoms with van der Waals surface area (Å²) >= 11 is 0. The molecule has 1 fully saturated rings. The number of likely N-dealkylation sites (N-methyl/N-ethyl adjacent to an activating group) is 1. The Morgan fingerprint density at radius 1 is 1.38 bits per heavy atom. The van der Waals surface area contributed by atoms with Crippen molar-refractivity contribution in [3.05, 3.63) is 30.0 Å². The van der Waals surface area contributed by atoms with Gasteiger partial charge in [0.05, 0.1) is 13.5 Å². The number of H-pyrrole nitrogens is 1. The largest absolute Gasteiger partial charge is 0.497 e. The Labute approximate surface area is 143 Å². The number of rotatable bonds is 5. The minimum absolute atomic E-state index is 0.210. The van der Waals surface area contributed by atoms with Crippen LogP contribution in [0.5, 0.6) is 5.75 Å². The second kappa shape index (κ2) is 6.85. The lowest BCUT2D eigenvalue weighted by Crippen LogP contribution is -2.36. The van der Waals surface area contributed by atoms with Crippen LogP contribution in [0.15, 0.2) is 24.4 Å². The van der Waals surface area contributed by atoms with Gasteiger partial charge in [-0.05, 0) is 43.8 Å². The second-order valence-corrected chi connectivity index (χ2v) is 6.90. The van der Waals surface area contributed by atoms with Gasteiger partial charge in [-0.15, -0.1) is 0 Å². The highest BCUT2D eigenvalue weighted by molar-refractivity contribution is 5.89. The van der Waals surface area contributed by atoms with E-state index in [1.54, 1.807) is 7.11 Å². The van der Waals surface area contributed by atoms with E-state index in [9.17, 15) is 4.79 Å². The molecule has 24 heavy (non-hydrogen) atoms. The Balaban J connectivity index is 1.76. The third kappa shape index (κ3) is 3.13. The fourth-order valence-corrected chi connectivity index (χ4v) is 3.75. The average Bonchev–Trinajstić information content (AvgIpc) is 3.18. The zero-order chi connectivity index (χ0) is 17.3. The lowest BCUT2D eigenvalue weighted by molar-refractivity contribution is -0.129. The summed E-state index contributed by atoms with van der Waals surface area (Å²) in [6, 6.07) is 6.38. The molecule has 1 aromatic heterocycles. The maximum absolute atomic E-state index is 12.8. The van der Waals surface area contributed by atoms with Crippen molar-refractivity contribution in [3.63, 3.8) is 0 Å². The fraction of sp³-hybridized carbons (Fsp3) is 0.526. The van der Waals surface area contributed by atoms with Crippen LogP contribution in [0.25, 0.3) is 10.9 Å². The highest BCUT2D eigenvalue weighted by atomic mass is 16.5. The average molecular weight is 329 g/mol. The van der Waals surface area contributed by atoms with Crippen LogP contribution in [-0.4, -0.2) is 61.0 Å². The standard InChI is InChI=1S/C19H27N3O2/c1-5-13-11-22(12-18(13)21(2)3)19(23)8-14-10-20-17-7-6-15(24-4)9-16(14)17/h6-7,9-10,13,18,20H,5,8,11-12H2,1-4H3. The zero-order valence-electron chi connectivity index (χ0n) is 15.0. The van der Waals surface area contributed by atoms with Crippen molar-refractivity contribution < 1.29 is 9.53 Å². The molecule has 130 valence electrons. The van der Waals surface area contributed by atoms with Gasteiger partial charge in [-0.25, -0.2) is 0 Å². The molecule has 0 radical (unpaired) electrons. The molecule has 1 aliphatic heterocycles. The number of carbonyl (C=O) groups excluding carboxylic acids is 1. The fourth-order valence-electron chi connectivity index (χ4n) is 3.75. The third-order valence-electron chi connectivity index (χ3n) is 5.26. The number of ether oxygens (including phenoxy) is 1. The number of methoxy groups -OCH3 is 1. The Hall–Kier alpha value is -2.01. The zero-order valence-corrected chi connectivity index (χ0v) is 15.0. The monoisotopic (exact) mass is 329 g/mol. The predicted octanol–water partition coefficient (Wildman–Crippen LogP) is 2.52. The Bertz CT molecular complexity index is 722. The van der Waals surface area contributed by atoms with E-state index in [4.69, 9.17) is 4.74 Å². The topological polar surface area (TPSA) is 48.6 Å². The minimum atomic E-state index is 0.210. The van der Waals surface area contributed by atoms with Gasteiger partial charge in [-0.1, -0.05) is 13.3 Å². The summed E-state index contributed by atoms with van der Waals surface area (Å²) in [6.07, 6.45) is 3.49. The number of aromatic amines is 1. The number of carbonyl (C=O) groups is 1. The summed E-state index contributed by atoms with van der Waals surface area (Å²) in [4.78, 5) is 20.3. The van der Waals surface area contributed by atoms with Crippen molar-refractivity contribution in [2.75, 3.05) is 34.3 Å². The molecular weight excluding hydrogens is 302 g/mol. The van der Waals surface area contributed by atoms with Gasteiger partial charge in [0.25, 0.3) is 0 Å². The quantitative estimate of drug-likeness (QED) is 0.917. The van der Waals surface area contributed by atoms with Crippen molar-refractivity contribution in [2.24, 2.45) is 5.92 Å². The normalized spacial score (nSPS) is 21.0. The van der Waals surface area contributed by atoms with Gasteiger partial charge in [0.15, 0.2) is 0 Å². The van der Waals surface area contributed by atoms with Crippen molar-refractivity contribution in [1.82, 2.24) is 14.8 Å². The van der Waals surface area contributed by atoms with Crippen LogP contribution in [0.2, 0.25) is 0 Å². The lowest BCUT2D eigenvalue weighted by Gasteiger charge is -2.23. The molecule has 1 aromatic carbocycles. The van der Waals surface area contributed by atoms with Crippen LogP contribution < -0.4 is 4.74 Å². The molecule has 3 rings (SSSR count). The molecule has 0 saturated carbocycles. The van der Waals surface area contributed by atoms with Gasteiger partial charge >= 0.3 is 0 Å². The summed E-state index contributed by atoms with van der Waals surface area (Å²) in [5, 5.41) is 1.07. The van der Waals surface area contributed by atoms with E-state index in [0.29, 0.717) is 18.4 Å². The molecule has 0 aliphatic carbocycles. The maximum atomic E-state index is 12.8. The summed E-state index contributed by atoms with van der Waals surface area (Å²) in [5.74, 6) is 1.59. The Morgan fingerprint density at radius 2 is 2.17 bits per heavy atom. The molecule has 2 unspecified atom stereocenters. The van der Waals surface area contributed by atoms with Crippen LogP contribution >= 0.6 is 0 Å². The van der Waals surface area contributed by atoms with Crippen molar-refractivity contribution >= 4 is 16.8 Å². The van der Waals surface area contributed by atoms with Gasteiger partial charge in [0, 0.05) is 36.2 Å². The Morgan fingerprint density at radius 3 is 2.79 bits per heavy atom. The Kier molecular flexibility index (Phi) is 4.81. The number of hydrogen-bond acceptors (Lipinski definition) is 3. The molecule has 0 spiro atoms. The first-order valence-electron chi connectivity index (χ1n) is 8.61. The number of nitrogens with zero attached hydrogens (tertiary/aromatic N) is 2. The first kappa shape index (κ1) is 16.8. The summed E-state index contributed by atoms with van der Waals surface area (Å²) in [7, 11) is 5.87. The summed E-state index contributed by atoms with van der Waals surface area (Å²) < 4.78 is 5.31. The smallest absolute Gasteiger partial charge is 0.227 e. The highest BCUT2D eigenvalue weighted by Gasteiger charge is 2.35. The molecule has 2 aromatic rings. The number of amides is 1. The van der Waals surface area contributed by atoms with E-state index in [0.717, 1.165) is 41.7 Å². The van der Waals surface area contributed by atoms with Crippen LogP contribution in [-0.2, 0) is 11.2 Å². The van der Waals surface area contributed by atoms with Gasteiger partial charge < -0.3 is 19.5 Å². The van der Waals surface area contributed by atoms with Crippen molar-refractivity contribution in [1.29, 1.82) is 0 Å². The van der Waals surface area contributed by atoms with Gasteiger partial charge in [0.1, 0.15) is 5.75 Å². The molecule has 1 aliphatic rings. The van der Waals surface area contributed by atoms with E-state index in [1.807, 2.05) is 29.3 Å². The molecule has 5 nitrogen and oxygen atoms in total. The van der Waals surface area contributed by atoms with Gasteiger partial charge in [-0.3, -0.25) is 4.79 Å². The third-order valence-corrected chi connectivity index (χ3v) is 5.26. The van der Waals surface area contributed by atoms with E-state index in [1.165, 1.54) is 0 Å². The van der Waals surface area contributed by atoms with Crippen molar-refractivity contribution in [3.8, 4) is 5.75 Å². The summed E-state index contributed by atoms with van der Waals surface area (Å²) in [6.45, 7) is 3.90. The molecule has 1 N–H and O–H groups in total. The van der Waals surface area contributed by atoms with E-state index < -0.39 is 0 Å². The number of fused-ring (bicyclic) bond motifs is 1. The number of hydrogen-bond donors (Lipinski definition) is 1. The number of likely N-dealkylation sites (tertiary alicyclic amines) is 1. The lowest BCUT2D eigenvalue weighted by atomic mass is 10.0. The van der Waals surface area contributed by atoms with Gasteiger partial charge in [0.2, 0.25) is 5.91 Å². The molecule has 2 heterocycles. The second-order valence-electron chi connectivity index (χ2n) is 6.90. The van der Waals surface area contributed by atoms with E-state index >= 15 is 0 Å². The number of aromatic nitrogens is 1. The van der Waals surface area contributed by atoms with Crippen LogP contribution in [0.4, 0.5) is 0 Å².